The number of amides is 1. The third kappa shape index (κ3) is 3.89. The molecule has 1 aliphatic carbocycles. The second-order valence-corrected chi connectivity index (χ2v) is 7.29. The summed E-state index contributed by atoms with van der Waals surface area (Å²) in [4.78, 5) is 22.5. The van der Waals surface area contributed by atoms with Crippen molar-refractivity contribution in [3.63, 3.8) is 0 Å². The third-order valence-electron chi connectivity index (χ3n) is 4.62. The molecule has 0 saturated heterocycles. The number of aromatic nitrogens is 2. The fraction of sp³-hybridized carbons (Fsp3) is 0.556. The number of aromatic amines is 1. The maximum Gasteiger partial charge on any atom is 0.233 e. The zero-order chi connectivity index (χ0) is 16.2. The van der Waals surface area contributed by atoms with E-state index in [4.69, 9.17) is 0 Å². The lowest BCUT2D eigenvalue weighted by Crippen LogP contribution is -2.42. The number of imidazole rings is 1. The SMILES string of the molecule is CCN(C(=O)CSc1nc2ccc(C)cc2[nH]1)C1CCCCC1. The van der Waals surface area contributed by atoms with Crippen molar-refractivity contribution in [2.75, 3.05) is 12.3 Å². The molecule has 0 spiro atoms. The Morgan fingerprint density at radius 2 is 2.13 bits per heavy atom. The number of rotatable bonds is 5. The molecular weight excluding hydrogens is 306 g/mol. The number of fused-ring (bicyclic) bond motifs is 1. The largest absolute Gasteiger partial charge is 0.339 e. The van der Waals surface area contributed by atoms with E-state index >= 15 is 0 Å². The van der Waals surface area contributed by atoms with E-state index in [0.717, 1.165) is 35.6 Å². The maximum atomic E-state index is 12.6. The Morgan fingerprint density at radius 1 is 1.35 bits per heavy atom. The van der Waals surface area contributed by atoms with Gasteiger partial charge >= 0.3 is 0 Å². The van der Waals surface area contributed by atoms with Gasteiger partial charge in [-0.15, -0.1) is 0 Å². The van der Waals surface area contributed by atoms with Gasteiger partial charge in [-0.2, -0.15) is 0 Å². The smallest absolute Gasteiger partial charge is 0.233 e. The molecule has 1 aromatic heterocycles. The molecular formula is C18H25N3OS. The molecule has 1 aliphatic rings. The summed E-state index contributed by atoms with van der Waals surface area (Å²) in [5.74, 6) is 0.699. The molecule has 3 rings (SSSR count). The van der Waals surface area contributed by atoms with Gasteiger partial charge in [-0.25, -0.2) is 4.98 Å². The molecule has 0 unspecified atom stereocenters. The Hall–Kier alpha value is -1.49. The molecule has 5 heteroatoms. The van der Waals surface area contributed by atoms with Crippen LogP contribution in [0.25, 0.3) is 11.0 Å². The first-order chi connectivity index (χ1) is 11.2. The lowest BCUT2D eigenvalue weighted by Gasteiger charge is -2.33. The average Bonchev–Trinajstić information content (AvgIpc) is 2.96. The topological polar surface area (TPSA) is 49.0 Å². The molecule has 1 amide bonds. The molecule has 0 aliphatic heterocycles. The predicted octanol–water partition coefficient (Wildman–Crippen LogP) is 4.14. The number of aryl methyl sites for hydroxylation is 1. The zero-order valence-corrected chi connectivity index (χ0v) is 14.8. The number of carbonyl (C=O) groups is 1. The van der Waals surface area contributed by atoms with Gasteiger partial charge in [0.15, 0.2) is 5.16 Å². The van der Waals surface area contributed by atoms with Gasteiger partial charge in [0.05, 0.1) is 16.8 Å². The summed E-state index contributed by atoms with van der Waals surface area (Å²) in [5.41, 5.74) is 3.22. The number of carbonyl (C=O) groups excluding carboxylic acids is 1. The van der Waals surface area contributed by atoms with Crippen molar-refractivity contribution in [3.05, 3.63) is 23.8 Å². The number of H-pyrrole nitrogens is 1. The molecule has 0 atom stereocenters. The van der Waals surface area contributed by atoms with Crippen LogP contribution in [-0.2, 0) is 4.79 Å². The lowest BCUT2D eigenvalue weighted by molar-refractivity contribution is -0.131. The molecule has 1 saturated carbocycles. The molecule has 1 N–H and O–H groups in total. The van der Waals surface area contributed by atoms with Crippen LogP contribution in [0.15, 0.2) is 23.4 Å². The van der Waals surface area contributed by atoms with E-state index in [2.05, 4.69) is 40.8 Å². The Labute approximate surface area is 142 Å². The predicted molar refractivity (Wildman–Crippen MR) is 95.8 cm³/mol. The first-order valence-corrected chi connectivity index (χ1v) is 9.54. The van der Waals surface area contributed by atoms with Gasteiger partial charge in [0, 0.05) is 12.6 Å². The Bertz CT molecular complexity index is 676. The second-order valence-electron chi connectivity index (χ2n) is 6.32. The third-order valence-corrected chi connectivity index (χ3v) is 5.48. The minimum absolute atomic E-state index is 0.237. The number of hydrogen-bond donors (Lipinski definition) is 1. The molecule has 2 aromatic rings. The zero-order valence-electron chi connectivity index (χ0n) is 14.0. The summed E-state index contributed by atoms with van der Waals surface area (Å²) in [6, 6.07) is 6.62. The van der Waals surface area contributed by atoms with Crippen LogP contribution in [0, 0.1) is 6.92 Å². The highest BCUT2D eigenvalue weighted by Crippen LogP contribution is 2.25. The van der Waals surface area contributed by atoms with Crippen molar-refractivity contribution in [3.8, 4) is 0 Å². The number of hydrogen-bond acceptors (Lipinski definition) is 3. The van der Waals surface area contributed by atoms with Gasteiger partial charge < -0.3 is 9.88 Å². The summed E-state index contributed by atoms with van der Waals surface area (Å²) in [5, 5.41) is 0.832. The minimum Gasteiger partial charge on any atom is -0.339 e. The second kappa shape index (κ2) is 7.39. The normalized spacial score (nSPS) is 15.9. The van der Waals surface area contributed by atoms with Crippen molar-refractivity contribution in [1.82, 2.24) is 14.9 Å². The van der Waals surface area contributed by atoms with Crippen molar-refractivity contribution in [2.24, 2.45) is 0 Å². The van der Waals surface area contributed by atoms with Crippen molar-refractivity contribution >= 4 is 28.7 Å². The van der Waals surface area contributed by atoms with E-state index in [9.17, 15) is 4.79 Å². The highest BCUT2D eigenvalue weighted by molar-refractivity contribution is 7.99. The minimum atomic E-state index is 0.237. The van der Waals surface area contributed by atoms with E-state index in [0.29, 0.717) is 11.8 Å². The van der Waals surface area contributed by atoms with E-state index in [-0.39, 0.29) is 5.91 Å². The summed E-state index contributed by atoms with van der Waals surface area (Å²) in [6.07, 6.45) is 6.15. The molecule has 0 bridgehead atoms. The Morgan fingerprint density at radius 3 is 2.87 bits per heavy atom. The van der Waals surface area contributed by atoms with Gasteiger partial charge in [0.25, 0.3) is 0 Å². The van der Waals surface area contributed by atoms with Gasteiger partial charge in [-0.05, 0) is 44.4 Å². The van der Waals surface area contributed by atoms with Crippen LogP contribution in [0.3, 0.4) is 0 Å². The van der Waals surface area contributed by atoms with Crippen LogP contribution in [-0.4, -0.2) is 39.1 Å². The van der Waals surface area contributed by atoms with Gasteiger partial charge in [0.2, 0.25) is 5.91 Å². The first-order valence-electron chi connectivity index (χ1n) is 8.56. The van der Waals surface area contributed by atoms with E-state index in [1.54, 1.807) is 0 Å². The number of benzene rings is 1. The number of nitrogens with zero attached hydrogens (tertiary/aromatic N) is 2. The van der Waals surface area contributed by atoms with Gasteiger partial charge in [-0.1, -0.05) is 37.1 Å². The first kappa shape index (κ1) is 16.4. The molecule has 4 nitrogen and oxygen atoms in total. The summed E-state index contributed by atoms with van der Waals surface area (Å²) < 4.78 is 0. The molecule has 1 heterocycles. The molecule has 23 heavy (non-hydrogen) atoms. The molecule has 1 aromatic carbocycles. The van der Waals surface area contributed by atoms with Crippen LogP contribution in [0.1, 0.15) is 44.6 Å². The highest BCUT2D eigenvalue weighted by atomic mass is 32.2. The van der Waals surface area contributed by atoms with Gasteiger partial charge in [-0.3, -0.25) is 4.79 Å². The van der Waals surface area contributed by atoms with Crippen molar-refractivity contribution < 1.29 is 4.79 Å². The molecule has 124 valence electrons. The number of nitrogens with one attached hydrogen (secondary N) is 1. The fourth-order valence-electron chi connectivity index (χ4n) is 3.41. The maximum absolute atomic E-state index is 12.6. The standard InChI is InChI=1S/C18H25N3OS/c1-3-21(14-7-5-4-6-8-14)17(22)12-23-18-19-15-10-9-13(2)11-16(15)20-18/h9-11,14H,3-8,12H2,1-2H3,(H,19,20). The van der Waals surface area contributed by atoms with Crippen LogP contribution in [0.5, 0.6) is 0 Å². The van der Waals surface area contributed by atoms with Crippen molar-refractivity contribution in [2.45, 2.75) is 57.1 Å². The van der Waals surface area contributed by atoms with E-state index < -0.39 is 0 Å². The molecule has 0 radical (unpaired) electrons. The van der Waals surface area contributed by atoms with E-state index in [1.807, 2.05) is 6.07 Å². The summed E-state index contributed by atoms with van der Waals surface area (Å²) in [7, 11) is 0. The van der Waals surface area contributed by atoms with Crippen LogP contribution in [0.2, 0.25) is 0 Å². The Kier molecular flexibility index (Phi) is 5.26. The fourth-order valence-corrected chi connectivity index (χ4v) is 4.18. The quantitative estimate of drug-likeness (QED) is 0.838. The van der Waals surface area contributed by atoms with Crippen molar-refractivity contribution in [1.29, 1.82) is 0 Å². The summed E-state index contributed by atoms with van der Waals surface area (Å²) in [6.45, 7) is 4.96. The lowest BCUT2D eigenvalue weighted by atomic mass is 9.94. The Balaban J connectivity index is 1.62. The van der Waals surface area contributed by atoms with Gasteiger partial charge in [0.1, 0.15) is 0 Å². The monoisotopic (exact) mass is 331 g/mol. The van der Waals surface area contributed by atoms with Crippen LogP contribution >= 0.6 is 11.8 Å². The van der Waals surface area contributed by atoms with Crippen LogP contribution in [0.4, 0.5) is 0 Å². The van der Waals surface area contributed by atoms with Crippen LogP contribution < -0.4 is 0 Å². The highest BCUT2D eigenvalue weighted by Gasteiger charge is 2.24. The average molecular weight is 331 g/mol. The number of thioether (sulfide) groups is 1. The van der Waals surface area contributed by atoms with E-state index in [1.165, 1.54) is 36.6 Å². The summed E-state index contributed by atoms with van der Waals surface area (Å²) >= 11 is 1.51. The molecule has 1 fully saturated rings.